The summed E-state index contributed by atoms with van der Waals surface area (Å²) in [7, 11) is 0. The third kappa shape index (κ3) is 3.17. The van der Waals surface area contributed by atoms with E-state index < -0.39 is 0 Å². The summed E-state index contributed by atoms with van der Waals surface area (Å²) < 4.78 is 0. The molecule has 0 saturated heterocycles. The van der Waals surface area contributed by atoms with Gasteiger partial charge in [0.15, 0.2) is 0 Å². The van der Waals surface area contributed by atoms with Crippen molar-refractivity contribution >= 4 is 16.5 Å². The van der Waals surface area contributed by atoms with Crippen LogP contribution in [-0.4, -0.2) is 16.7 Å². The largest absolute Gasteiger partial charge is 0.360 e. The van der Waals surface area contributed by atoms with Crippen LogP contribution in [0.4, 0.5) is 5.13 Å². The summed E-state index contributed by atoms with van der Waals surface area (Å²) in [5.41, 5.74) is 0. The molecule has 0 bridgehead atoms. The minimum Gasteiger partial charge on any atom is -0.360 e. The van der Waals surface area contributed by atoms with E-state index in [-0.39, 0.29) is 0 Å². The van der Waals surface area contributed by atoms with Gasteiger partial charge in [0.25, 0.3) is 0 Å². The van der Waals surface area contributed by atoms with Gasteiger partial charge in [-0.2, -0.15) is 0 Å². The van der Waals surface area contributed by atoms with Gasteiger partial charge in [-0.1, -0.05) is 38.0 Å². The van der Waals surface area contributed by atoms with Gasteiger partial charge in [0, 0.05) is 6.54 Å². The van der Waals surface area contributed by atoms with Crippen LogP contribution >= 0.6 is 11.3 Å². The molecule has 1 N–H and O–H groups in total. The molecule has 16 heavy (non-hydrogen) atoms. The quantitative estimate of drug-likeness (QED) is 0.875. The molecule has 1 heterocycles. The van der Waals surface area contributed by atoms with E-state index in [0.29, 0.717) is 0 Å². The molecule has 4 heteroatoms. The van der Waals surface area contributed by atoms with Crippen molar-refractivity contribution < 1.29 is 0 Å². The number of nitrogens with one attached hydrogen (secondary N) is 1. The number of rotatable bonds is 4. The third-order valence-electron chi connectivity index (χ3n) is 3.45. The van der Waals surface area contributed by atoms with Gasteiger partial charge in [-0.25, -0.2) is 0 Å². The highest BCUT2D eigenvalue weighted by molar-refractivity contribution is 7.15. The predicted molar refractivity (Wildman–Crippen MR) is 68.9 cm³/mol. The molecule has 0 atom stereocenters. The van der Waals surface area contributed by atoms with E-state index in [1.165, 1.54) is 25.7 Å². The van der Waals surface area contributed by atoms with Crippen molar-refractivity contribution in [2.75, 3.05) is 11.9 Å². The van der Waals surface area contributed by atoms with Crippen LogP contribution in [0.3, 0.4) is 0 Å². The lowest BCUT2D eigenvalue weighted by Gasteiger charge is -2.25. The van der Waals surface area contributed by atoms with E-state index in [2.05, 4.69) is 29.4 Å². The number of nitrogens with zero attached hydrogens (tertiary/aromatic N) is 2. The van der Waals surface area contributed by atoms with E-state index in [0.717, 1.165) is 34.9 Å². The smallest absolute Gasteiger partial charge is 0.205 e. The Balaban J connectivity index is 1.74. The average Bonchev–Trinajstić information content (AvgIpc) is 2.76. The van der Waals surface area contributed by atoms with Gasteiger partial charge in [-0.3, -0.25) is 0 Å². The maximum absolute atomic E-state index is 4.14. The molecule has 1 aliphatic carbocycles. The van der Waals surface area contributed by atoms with Crippen molar-refractivity contribution in [1.29, 1.82) is 0 Å². The van der Waals surface area contributed by atoms with Gasteiger partial charge >= 0.3 is 0 Å². The van der Waals surface area contributed by atoms with Crippen LogP contribution in [0.15, 0.2) is 0 Å². The van der Waals surface area contributed by atoms with Crippen LogP contribution in [0, 0.1) is 11.8 Å². The zero-order valence-electron chi connectivity index (χ0n) is 10.2. The first-order chi connectivity index (χ1) is 7.78. The second kappa shape index (κ2) is 5.62. The van der Waals surface area contributed by atoms with Crippen molar-refractivity contribution in [3.63, 3.8) is 0 Å². The van der Waals surface area contributed by atoms with E-state index >= 15 is 0 Å². The van der Waals surface area contributed by atoms with Crippen LogP contribution in [0.25, 0.3) is 0 Å². The Labute approximate surface area is 102 Å². The summed E-state index contributed by atoms with van der Waals surface area (Å²) in [6.07, 6.45) is 6.51. The summed E-state index contributed by atoms with van der Waals surface area (Å²) in [4.78, 5) is 0. The molecule has 1 aliphatic rings. The second-order valence-corrected chi connectivity index (χ2v) is 5.92. The Morgan fingerprint density at radius 3 is 2.62 bits per heavy atom. The molecule has 0 aromatic carbocycles. The summed E-state index contributed by atoms with van der Waals surface area (Å²) in [5, 5.41) is 13.8. The number of hydrogen-bond donors (Lipinski definition) is 1. The van der Waals surface area contributed by atoms with E-state index in [9.17, 15) is 0 Å². The molecule has 0 amide bonds. The molecule has 1 fully saturated rings. The molecule has 90 valence electrons. The van der Waals surface area contributed by atoms with Crippen LogP contribution in [0.2, 0.25) is 0 Å². The van der Waals surface area contributed by atoms with E-state index in [1.807, 2.05) is 0 Å². The van der Waals surface area contributed by atoms with Crippen LogP contribution in [0.5, 0.6) is 0 Å². The Morgan fingerprint density at radius 2 is 2.00 bits per heavy atom. The van der Waals surface area contributed by atoms with Crippen LogP contribution in [-0.2, 0) is 6.42 Å². The summed E-state index contributed by atoms with van der Waals surface area (Å²) in [5.74, 6) is 1.77. The van der Waals surface area contributed by atoms with Gasteiger partial charge in [0.05, 0.1) is 0 Å². The molecule has 1 saturated carbocycles. The van der Waals surface area contributed by atoms with Gasteiger partial charge in [-0.05, 0) is 31.1 Å². The molecule has 0 unspecified atom stereocenters. The summed E-state index contributed by atoms with van der Waals surface area (Å²) in [6.45, 7) is 5.56. The number of anilines is 1. The van der Waals surface area contributed by atoms with Crippen LogP contribution in [0.1, 0.15) is 44.5 Å². The van der Waals surface area contributed by atoms with Gasteiger partial charge in [-0.15, -0.1) is 10.2 Å². The Kier molecular flexibility index (Phi) is 4.16. The second-order valence-electron chi connectivity index (χ2n) is 4.86. The number of aryl methyl sites for hydroxylation is 1. The maximum atomic E-state index is 4.14. The molecule has 3 nitrogen and oxygen atoms in total. The number of hydrogen-bond acceptors (Lipinski definition) is 4. The van der Waals surface area contributed by atoms with E-state index in [4.69, 9.17) is 0 Å². The fraction of sp³-hybridized carbons (Fsp3) is 0.833. The van der Waals surface area contributed by atoms with Crippen molar-refractivity contribution in [3.8, 4) is 0 Å². The molecule has 0 aliphatic heterocycles. The zero-order chi connectivity index (χ0) is 11.4. The highest BCUT2D eigenvalue weighted by Gasteiger charge is 2.18. The Hall–Kier alpha value is -0.640. The summed E-state index contributed by atoms with van der Waals surface area (Å²) in [6, 6.07) is 0. The highest BCUT2D eigenvalue weighted by atomic mass is 32.1. The average molecular weight is 239 g/mol. The van der Waals surface area contributed by atoms with Crippen molar-refractivity contribution in [2.24, 2.45) is 11.8 Å². The lowest BCUT2D eigenvalue weighted by molar-refractivity contribution is 0.300. The standard InChI is InChI=1S/C12H21N3S/c1-3-11-14-15-12(16-11)13-8-10-6-4-9(2)5-7-10/h9-10H,3-8H2,1-2H3,(H,13,15). The fourth-order valence-corrected chi connectivity index (χ4v) is 2.92. The fourth-order valence-electron chi connectivity index (χ4n) is 2.23. The molecule has 2 rings (SSSR count). The normalized spacial score (nSPS) is 25.6. The van der Waals surface area contributed by atoms with Gasteiger partial charge in [0.1, 0.15) is 5.01 Å². The molecule has 0 spiro atoms. The lowest BCUT2D eigenvalue weighted by atomic mass is 9.83. The molecular formula is C12H21N3S. The van der Waals surface area contributed by atoms with Crippen molar-refractivity contribution in [2.45, 2.75) is 46.0 Å². The molecule has 1 aromatic heterocycles. The topological polar surface area (TPSA) is 37.8 Å². The zero-order valence-corrected chi connectivity index (χ0v) is 11.0. The number of aromatic nitrogens is 2. The van der Waals surface area contributed by atoms with Crippen molar-refractivity contribution in [3.05, 3.63) is 5.01 Å². The molecule has 0 radical (unpaired) electrons. The minimum atomic E-state index is 0.838. The SMILES string of the molecule is CCc1nnc(NCC2CCC(C)CC2)s1. The monoisotopic (exact) mass is 239 g/mol. The maximum Gasteiger partial charge on any atom is 0.205 e. The first kappa shape index (κ1) is 11.8. The summed E-state index contributed by atoms with van der Waals surface area (Å²) >= 11 is 1.69. The van der Waals surface area contributed by atoms with Crippen molar-refractivity contribution in [1.82, 2.24) is 10.2 Å². The first-order valence-electron chi connectivity index (χ1n) is 6.34. The van der Waals surface area contributed by atoms with Crippen LogP contribution < -0.4 is 5.32 Å². The van der Waals surface area contributed by atoms with E-state index in [1.54, 1.807) is 11.3 Å². The first-order valence-corrected chi connectivity index (χ1v) is 7.15. The minimum absolute atomic E-state index is 0.838. The van der Waals surface area contributed by atoms with Gasteiger partial charge in [0.2, 0.25) is 5.13 Å². The Bertz CT molecular complexity index is 316. The predicted octanol–water partition coefficient (Wildman–Crippen LogP) is 3.34. The third-order valence-corrected chi connectivity index (χ3v) is 4.47. The molecular weight excluding hydrogens is 218 g/mol. The van der Waals surface area contributed by atoms with Gasteiger partial charge < -0.3 is 5.32 Å². The highest BCUT2D eigenvalue weighted by Crippen LogP contribution is 2.28. The lowest BCUT2D eigenvalue weighted by Crippen LogP contribution is -2.20. The Morgan fingerprint density at radius 1 is 1.25 bits per heavy atom. The molecule has 1 aromatic rings.